The molecule has 0 aromatic heterocycles. The van der Waals surface area contributed by atoms with Gasteiger partial charge in [-0.1, -0.05) is 44.2 Å². The molecular formula is C21H27FN2O3. The van der Waals surface area contributed by atoms with Crippen molar-refractivity contribution < 1.29 is 19.5 Å². The highest BCUT2D eigenvalue weighted by atomic mass is 19.1. The van der Waals surface area contributed by atoms with Crippen LogP contribution in [-0.2, 0) is 0 Å². The number of nitrogens with two attached hydrogens (primary N) is 1. The molecule has 0 heterocycles. The number of amides is 1. The molecule has 0 bridgehead atoms. The third-order valence-electron chi connectivity index (χ3n) is 4.71. The van der Waals surface area contributed by atoms with Gasteiger partial charge in [0.05, 0.1) is 5.69 Å². The van der Waals surface area contributed by atoms with E-state index in [1.807, 2.05) is 0 Å². The van der Waals surface area contributed by atoms with Crippen LogP contribution in [0.5, 0.6) is 5.75 Å². The predicted molar refractivity (Wildman–Crippen MR) is 103 cm³/mol. The summed E-state index contributed by atoms with van der Waals surface area (Å²) in [7, 11) is 0. The molecule has 146 valence electrons. The molecule has 2 aromatic carbocycles. The highest BCUT2D eigenvalue weighted by Gasteiger charge is 2.14. The maximum atomic E-state index is 12.3. The number of hydroxylamine groups is 1. The minimum Gasteiger partial charge on any atom is -0.508 e. The van der Waals surface area contributed by atoms with Gasteiger partial charge >= 0.3 is 0 Å². The van der Waals surface area contributed by atoms with Crippen LogP contribution in [0.2, 0.25) is 0 Å². The lowest BCUT2D eigenvalue weighted by molar-refractivity contribution is 0.1000. The minimum atomic E-state index is -0.612. The number of benzene rings is 2. The van der Waals surface area contributed by atoms with E-state index in [1.165, 1.54) is 55.4 Å². The predicted octanol–water partition coefficient (Wildman–Crippen LogP) is 4.48. The van der Waals surface area contributed by atoms with Gasteiger partial charge in [-0.05, 0) is 42.7 Å². The Morgan fingerprint density at radius 1 is 1.11 bits per heavy atom. The van der Waals surface area contributed by atoms with Crippen molar-refractivity contribution in [2.24, 2.45) is 11.7 Å². The van der Waals surface area contributed by atoms with Crippen LogP contribution in [0.1, 0.15) is 48.9 Å². The summed E-state index contributed by atoms with van der Waals surface area (Å²) < 4.78 is 12.3. The summed E-state index contributed by atoms with van der Waals surface area (Å²) in [4.78, 5) is 10.4. The number of nitrogens with zero attached hydrogens (tertiary/aromatic N) is 1. The van der Waals surface area contributed by atoms with Gasteiger partial charge in [0, 0.05) is 18.2 Å². The first-order valence-corrected chi connectivity index (χ1v) is 9.26. The normalized spacial score (nSPS) is 14.1. The number of carbonyl (C=O) groups excluding carboxylic acids is 1. The molecule has 1 fully saturated rings. The fourth-order valence-electron chi connectivity index (χ4n) is 3.21. The van der Waals surface area contributed by atoms with Gasteiger partial charge < -0.3 is 10.8 Å². The average molecular weight is 374 g/mol. The first-order valence-electron chi connectivity index (χ1n) is 9.26. The van der Waals surface area contributed by atoms with Gasteiger partial charge in [0.1, 0.15) is 11.6 Å². The molecule has 1 saturated carbocycles. The van der Waals surface area contributed by atoms with Crippen molar-refractivity contribution in [2.45, 2.75) is 38.5 Å². The van der Waals surface area contributed by atoms with Gasteiger partial charge in [0.25, 0.3) is 0 Å². The van der Waals surface area contributed by atoms with Crippen molar-refractivity contribution in [3.63, 3.8) is 0 Å². The summed E-state index contributed by atoms with van der Waals surface area (Å²) in [6.07, 6.45) is 7.67. The molecule has 6 heteroatoms. The smallest absolute Gasteiger partial charge is 0.248 e. The number of hydrogen-bond donors (Lipinski definition) is 3. The molecule has 5 nitrogen and oxygen atoms in total. The molecule has 4 N–H and O–H groups in total. The molecule has 0 saturated heterocycles. The van der Waals surface area contributed by atoms with E-state index in [4.69, 9.17) is 5.73 Å². The van der Waals surface area contributed by atoms with Crippen molar-refractivity contribution >= 4 is 11.6 Å². The van der Waals surface area contributed by atoms with Crippen LogP contribution in [0.3, 0.4) is 0 Å². The fourth-order valence-corrected chi connectivity index (χ4v) is 3.21. The summed E-state index contributed by atoms with van der Waals surface area (Å²) in [6.45, 7) is 0.647. The standard InChI is InChI=1S/C14H21NO2.C7H6FNO/c16-14-8-4-7-13(11-14)15(17)10-9-12-5-2-1-3-6-12;8-6-3-1-2-5(4-6)7(9)10/h4,7-8,11-12,16-17H,1-3,5-6,9-10H2;1-4H,(H2,9,10). The number of halogens is 1. The minimum absolute atomic E-state index is 0.194. The molecular weight excluding hydrogens is 347 g/mol. The maximum Gasteiger partial charge on any atom is 0.248 e. The number of anilines is 1. The largest absolute Gasteiger partial charge is 0.508 e. The summed E-state index contributed by atoms with van der Waals surface area (Å²) in [5.41, 5.74) is 5.74. The van der Waals surface area contributed by atoms with Gasteiger partial charge in [0.15, 0.2) is 0 Å². The zero-order valence-corrected chi connectivity index (χ0v) is 15.4. The van der Waals surface area contributed by atoms with Gasteiger partial charge in [-0.2, -0.15) is 0 Å². The third kappa shape index (κ3) is 7.27. The fraction of sp³-hybridized carbons (Fsp3) is 0.381. The molecule has 3 rings (SSSR count). The Kier molecular flexibility index (Phi) is 8.07. The number of hydrogen-bond acceptors (Lipinski definition) is 4. The van der Waals surface area contributed by atoms with Crippen molar-refractivity contribution in [1.29, 1.82) is 0 Å². The van der Waals surface area contributed by atoms with Crippen LogP contribution in [0.15, 0.2) is 48.5 Å². The Hall–Kier alpha value is -2.60. The maximum absolute atomic E-state index is 12.3. The second kappa shape index (κ2) is 10.5. The van der Waals surface area contributed by atoms with Gasteiger partial charge in [-0.3, -0.25) is 15.1 Å². The lowest BCUT2D eigenvalue weighted by atomic mass is 9.87. The molecule has 0 atom stereocenters. The van der Waals surface area contributed by atoms with Gasteiger partial charge in [0.2, 0.25) is 5.91 Å². The highest BCUT2D eigenvalue weighted by molar-refractivity contribution is 5.92. The molecule has 1 aliphatic rings. The van der Waals surface area contributed by atoms with E-state index < -0.39 is 11.7 Å². The van der Waals surface area contributed by atoms with E-state index in [0.717, 1.165) is 18.4 Å². The molecule has 0 unspecified atom stereocenters. The first-order chi connectivity index (χ1) is 13.0. The number of aromatic hydroxyl groups is 1. The van der Waals surface area contributed by atoms with Crippen LogP contribution in [0.25, 0.3) is 0 Å². The molecule has 27 heavy (non-hydrogen) atoms. The van der Waals surface area contributed by atoms with Crippen LogP contribution in [0.4, 0.5) is 10.1 Å². The second-order valence-electron chi connectivity index (χ2n) is 6.81. The average Bonchev–Trinajstić information content (AvgIpc) is 2.67. The van der Waals surface area contributed by atoms with E-state index in [-0.39, 0.29) is 11.3 Å². The van der Waals surface area contributed by atoms with Crippen LogP contribution in [0, 0.1) is 11.7 Å². The van der Waals surface area contributed by atoms with E-state index >= 15 is 0 Å². The van der Waals surface area contributed by atoms with Crippen molar-refractivity contribution in [3.05, 3.63) is 59.9 Å². The second-order valence-corrected chi connectivity index (χ2v) is 6.81. The van der Waals surface area contributed by atoms with Crippen LogP contribution < -0.4 is 10.8 Å². The zero-order chi connectivity index (χ0) is 19.6. The topological polar surface area (TPSA) is 86.8 Å². The Morgan fingerprint density at radius 3 is 2.41 bits per heavy atom. The summed E-state index contributed by atoms with van der Waals surface area (Å²) >= 11 is 0. The number of phenolic OH excluding ortho intramolecular Hbond substituents is 1. The summed E-state index contributed by atoms with van der Waals surface area (Å²) in [6, 6.07) is 12.0. The number of phenols is 1. The number of carbonyl (C=O) groups is 1. The highest BCUT2D eigenvalue weighted by Crippen LogP contribution is 2.27. The van der Waals surface area contributed by atoms with Crippen LogP contribution >= 0.6 is 0 Å². The molecule has 2 aromatic rings. The lowest BCUT2D eigenvalue weighted by Crippen LogP contribution is -2.22. The SMILES string of the molecule is NC(=O)c1cccc(F)c1.Oc1cccc(N(O)CCC2CCCCC2)c1. The molecule has 1 amide bonds. The zero-order valence-electron chi connectivity index (χ0n) is 15.4. The van der Waals surface area contributed by atoms with Gasteiger partial charge in [-0.15, -0.1) is 0 Å². The Labute approximate surface area is 159 Å². The number of rotatable bonds is 5. The summed E-state index contributed by atoms with van der Waals surface area (Å²) in [5.74, 6) is -0.106. The van der Waals surface area contributed by atoms with Crippen LogP contribution in [-0.4, -0.2) is 22.8 Å². The van der Waals surface area contributed by atoms with Crippen molar-refractivity contribution in [3.8, 4) is 5.75 Å². The Balaban J connectivity index is 0.000000223. The van der Waals surface area contributed by atoms with Gasteiger partial charge in [-0.25, -0.2) is 4.39 Å². The van der Waals surface area contributed by atoms with Crippen molar-refractivity contribution in [2.75, 3.05) is 11.6 Å². The first kappa shape index (κ1) is 20.7. The molecule has 0 spiro atoms. The van der Waals surface area contributed by atoms with E-state index in [2.05, 4.69) is 0 Å². The number of primary amides is 1. The van der Waals surface area contributed by atoms with E-state index in [0.29, 0.717) is 12.2 Å². The Bertz CT molecular complexity index is 733. The van der Waals surface area contributed by atoms with Crippen molar-refractivity contribution in [1.82, 2.24) is 0 Å². The molecule has 0 aliphatic heterocycles. The van der Waals surface area contributed by atoms with E-state index in [1.54, 1.807) is 24.3 Å². The quantitative estimate of drug-likeness (QED) is 0.673. The lowest BCUT2D eigenvalue weighted by Gasteiger charge is -2.24. The Morgan fingerprint density at radius 2 is 1.81 bits per heavy atom. The molecule has 0 radical (unpaired) electrons. The summed E-state index contributed by atoms with van der Waals surface area (Å²) in [5, 5.41) is 20.5. The third-order valence-corrected chi connectivity index (χ3v) is 4.71. The molecule has 1 aliphatic carbocycles. The van der Waals surface area contributed by atoms with E-state index in [9.17, 15) is 19.5 Å². The monoisotopic (exact) mass is 374 g/mol.